The van der Waals surface area contributed by atoms with Crippen LogP contribution < -0.4 is 0 Å². The third-order valence-electron chi connectivity index (χ3n) is 6.16. The molecule has 0 amide bonds. The lowest BCUT2D eigenvalue weighted by atomic mass is 9.87. The van der Waals surface area contributed by atoms with E-state index in [2.05, 4.69) is 0 Å². The summed E-state index contributed by atoms with van der Waals surface area (Å²) in [4.78, 5) is 12.5. The maximum absolute atomic E-state index is 12.5. The van der Waals surface area contributed by atoms with Gasteiger partial charge in [-0.3, -0.25) is 4.79 Å². The van der Waals surface area contributed by atoms with E-state index in [4.69, 9.17) is 27.5 Å². The number of carbonyl (C=O) groups is 1. The molecule has 0 spiro atoms. The third kappa shape index (κ3) is 7.07. The average Bonchev–Trinajstić information content (AvgIpc) is 2.75. The summed E-state index contributed by atoms with van der Waals surface area (Å²) in [5, 5.41) is 0. The minimum absolute atomic E-state index is 0.0182. The largest absolute Gasteiger partial charge is 0.500 e. The molecule has 0 saturated heterocycles. The lowest BCUT2D eigenvalue weighted by molar-refractivity contribution is -0.159. The summed E-state index contributed by atoms with van der Waals surface area (Å²) in [6.07, 6.45) is 8.78. The van der Waals surface area contributed by atoms with Crippen molar-refractivity contribution in [2.45, 2.75) is 82.1 Å². The quantitative estimate of drug-likeness (QED) is 0.289. The molecule has 2 aliphatic rings. The molecule has 0 aromatic heterocycles. The second-order valence-electron chi connectivity index (χ2n) is 7.81. The van der Waals surface area contributed by atoms with Crippen molar-refractivity contribution in [1.29, 1.82) is 0 Å². The van der Waals surface area contributed by atoms with Crippen LogP contribution in [0.4, 0.5) is 0 Å². The van der Waals surface area contributed by atoms with Gasteiger partial charge in [0.05, 0.1) is 18.1 Å². The van der Waals surface area contributed by atoms with Crippen LogP contribution in [0.3, 0.4) is 0 Å². The van der Waals surface area contributed by atoms with Crippen LogP contribution in [0.2, 0.25) is 6.04 Å². The van der Waals surface area contributed by atoms with E-state index in [1.807, 2.05) is 0 Å². The molecule has 0 bridgehead atoms. The van der Waals surface area contributed by atoms with E-state index in [0.717, 1.165) is 63.8 Å². The van der Waals surface area contributed by atoms with E-state index in [9.17, 15) is 4.79 Å². The lowest BCUT2D eigenvalue weighted by Gasteiger charge is -2.31. The predicted octanol–water partition coefficient (Wildman–Crippen LogP) is 3.33. The number of rotatable bonds is 11. The molecule has 0 N–H and O–H groups in total. The Morgan fingerprint density at radius 2 is 1.32 bits per heavy atom. The highest BCUT2D eigenvalue weighted by atomic mass is 28.4. The minimum atomic E-state index is -2.51. The molecule has 0 atom stereocenters. The maximum Gasteiger partial charge on any atom is 0.500 e. The fourth-order valence-corrected chi connectivity index (χ4v) is 5.90. The number of esters is 1. The van der Waals surface area contributed by atoms with Crippen LogP contribution in [0.25, 0.3) is 0 Å². The Bertz CT molecular complexity index is 434. The molecule has 7 nitrogen and oxygen atoms in total. The number of hydrogen-bond acceptors (Lipinski definition) is 7. The zero-order valence-electron chi connectivity index (χ0n) is 17.9. The Labute approximate surface area is 170 Å². The molecule has 0 unspecified atom stereocenters. The highest BCUT2D eigenvalue weighted by molar-refractivity contribution is 6.60. The van der Waals surface area contributed by atoms with E-state index >= 15 is 0 Å². The first-order valence-electron chi connectivity index (χ1n) is 10.6. The van der Waals surface area contributed by atoms with Gasteiger partial charge in [0.2, 0.25) is 0 Å². The fourth-order valence-electron chi connectivity index (χ4n) is 4.21. The third-order valence-corrected chi connectivity index (χ3v) is 8.99. The van der Waals surface area contributed by atoms with Gasteiger partial charge in [0, 0.05) is 41.1 Å². The summed E-state index contributed by atoms with van der Waals surface area (Å²) in [5.41, 5.74) is 0. The van der Waals surface area contributed by atoms with E-state index in [1.54, 1.807) is 28.4 Å². The summed E-state index contributed by atoms with van der Waals surface area (Å²) < 4.78 is 33.4. The van der Waals surface area contributed by atoms with Gasteiger partial charge in [0.25, 0.3) is 0 Å². The molecule has 0 aromatic rings. The van der Waals surface area contributed by atoms with Crippen LogP contribution in [0.1, 0.15) is 57.8 Å². The number of hydrogen-bond donors (Lipinski definition) is 0. The van der Waals surface area contributed by atoms with E-state index in [1.165, 1.54) is 0 Å². The van der Waals surface area contributed by atoms with Crippen LogP contribution in [-0.2, 0) is 32.3 Å². The van der Waals surface area contributed by atoms with Gasteiger partial charge >= 0.3 is 14.8 Å². The average molecular weight is 419 g/mol. The monoisotopic (exact) mass is 418 g/mol. The molecule has 2 fully saturated rings. The summed E-state index contributed by atoms with van der Waals surface area (Å²) in [7, 11) is 4.13. The molecular weight excluding hydrogens is 380 g/mol. The van der Waals surface area contributed by atoms with Gasteiger partial charge < -0.3 is 27.5 Å². The molecule has 2 saturated carbocycles. The molecule has 8 heteroatoms. The smallest absolute Gasteiger partial charge is 0.462 e. The molecule has 164 valence electrons. The second-order valence-corrected chi connectivity index (χ2v) is 10.9. The molecular formula is C20H38O7Si. The topological polar surface area (TPSA) is 72.5 Å². The summed E-state index contributed by atoms with van der Waals surface area (Å²) in [6.45, 7) is 0.660. The van der Waals surface area contributed by atoms with Crippen molar-refractivity contribution in [2.75, 3.05) is 35.0 Å². The summed E-state index contributed by atoms with van der Waals surface area (Å²) in [6, 6.07) is 0.740. The van der Waals surface area contributed by atoms with Gasteiger partial charge in [0.15, 0.2) is 0 Å². The van der Waals surface area contributed by atoms with Crippen LogP contribution in [0.15, 0.2) is 0 Å². The Morgan fingerprint density at radius 3 is 1.86 bits per heavy atom. The first-order valence-corrected chi connectivity index (χ1v) is 12.5. The van der Waals surface area contributed by atoms with Crippen molar-refractivity contribution in [3.8, 4) is 0 Å². The Kier molecular flexibility index (Phi) is 10.4. The van der Waals surface area contributed by atoms with E-state index in [0.29, 0.717) is 12.7 Å². The van der Waals surface area contributed by atoms with Crippen LogP contribution in [0.5, 0.6) is 0 Å². The highest BCUT2D eigenvalue weighted by Gasteiger charge is 2.37. The number of methoxy groups -OCH3 is 1. The number of ether oxygens (including phenoxy) is 3. The van der Waals surface area contributed by atoms with Gasteiger partial charge in [-0.05, 0) is 57.8 Å². The molecule has 2 rings (SSSR count). The minimum Gasteiger partial charge on any atom is -0.462 e. The van der Waals surface area contributed by atoms with Crippen LogP contribution in [-0.4, -0.2) is 68.1 Å². The summed E-state index contributed by atoms with van der Waals surface area (Å²) in [5.74, 6) is 0.00548. The predicted molar refractivity (Wildman–Crippen MR) is 107 cm³/mol. The van der Waals surface area contributed by atoms with E-state index < -0.39 is 8.80 Å². The first-order chi connectivity index (χ1) is 13.6. The van der Waals surface area contributed by atoms with Crippen molar-refractivity contribution >= 4 is 14.8 Å². The van der Waals surface area contributed by atoms with Crippen LogP contribution >= 0.6 is 0 Å². The summed E-state index contributed by atoms with van der Waals surface area (Å²) >= 11 is 0. The molecule has 0 aliphatic heterocycles. The molecule has 0 aromatic carbocycles. The Morgan fingerprint density at radius 1 is 0.786 bits per heavy atom. The van der Waals surface area contributed by atoms with Crippen molar-refractivity contribution in [3.05, 3.63) is 0 Å². The molecule has 28 heavy (non-hydrogen) atoms. The van der Waals surface area contributed by atoms with Crippen LogP contribution in [0, 0.1) is 5.92 Å². The zero-order valence-corrected chi connectivity index (χ0v) is 18.9. The van der Waals surface area contributed by atoms with Gasteiger partial charge in [0.1, 0.15) is 6.10 Å². The van der Waals surface area contributed by atoms with Crippen molar-refractivity contribution < 1.29 is 32.3 Å². The SMILES string of the molecule is COC1CCC(OC(=O)C2CCC(OCCC[Si](OC)(OC)OC)CC2)CC1. The Hall–Kier alpha value is -0.513. The number of carbonyl (C=O) groups excluding carboxylic acids is 1. The molecule has 2 aliphatic carbocycles. The van der Waals surface area contributed by atoms with Gasteiger partial charge in [-0.2, -0.15) is 0 Å². The van der Waals surface area contributed by atoms with E-state index in [-0.39, 0.29) is 24.1 Å². The van der Waals surface area contributed by atoms with Crippen molar-refractivity contribution in [2.24, 2.45) is 5.92 Å². The zero-order chi connectivity index (χ0) is 20.4. The van der Waals surface area contributed by atoms with Crippen molar-refractivity contribution in [3.63, 3.8) is 0 Å². The molecule has 0 radical (unpaired) electrons. The van der Waals surface area contributed by atoms with Gasteiger partial charge in [-0.1, -0.05) is 0 Å². The normalized spacial score (nSPS) is 28.9. The van der Waals surface area contributed by atoms with Gasteiger partial charge in [-0.25, -0.2) is 0 Å². The maximum atomic E-state index is 12.5. The second kappa shape index (κ2) is 12.2. The lowest BCUT2D eigenvalue weighted by Crippen LogP contribution is -2.42. The first kappa shape index (κ1) is 23.8. The standard InChI is InChI=1S/C20H38O7Si/c1-22-17-10-12-19(13-11-17)27-20(21)16-6-8-18(9-7-16)26-14-5-15-28(23-2,24-3)25-4/h16-19H,5-15H2,1-4H3. The fraction of sp³-hybridized carbons (Fsp3) is 0.950. The Balaban J connectivity index is 1.60. The molecule has 0 heterocycles. The van der Waals surface area contributed by atoms with Gasteiger partial charge in [-0.15, -0.1) is 0 Å². The van der Waals surface area contributed by atoms with Crippen molar-refractivity contribution in [1.82, 2.24) is 0 Å². The highest BCUT2D eigenvalue weighted by Crippen LogP contribution is 2.30.